The first kappa shape index (κ1) is 13.0. The molecule has 1 aromatic rings. The molecule has 0 radical (unpaired) electrons. The molecular formula is C9H18N4O3. The maximum atomic E-state index is 9.60. The molecule has 3 N–H and O–H groups in total. The van der Waals surface area contributed by atoms with E-state index in [1.807, 2.05) is 0 Å². The topological polar surface area (TPSA) is 95.4 Å². The zero-order valence-corrected chi connectivity index (χ0v) is 9.37. The number of aromatic nitrogens is 3. The predicted octanol–water partition coefficient (Wildman–Crippen LogP) is -1.24. The third kappa shape index (κ3) is 4.67. The van der Waals surface area contributed by atoms with E-state index >= 15 is 0 Å². The molecule has 0 bridgehead atoms. The van der Waals surface area contributed by atoms with E-state index in [0.717, 1.165) is 0 Å². The summed E-state index contributed by atoms with van der Waals surface area (Å²) >= 11 is 0. The van der Waals surface area contributed by atoms with Gasteiger partial charge in [0.2, 0.25) is 0 Å². The fourth-order valence-corrected chi connectivity index (χ4v) is 1.15. The van der Waals surface area contributed by atoms with Crippen molar-refractivity contribution in [2.45, 2.75) is 19.2 Å². The predicted molar refractivity (Wildman–Crippen MR) is 56.6 cm³/mol. The average molecular weight is 230 g/mol. The van der Waals surface area contributed by atoms with Crippen molar-refractivity contribution in [1.29, 1.82) is 0 Å². The van der Waals surface area contributed by atoms with Crippen LogP contribution in [0.2, 0.25) is 0 Å². The maximum absolute atomic E-state index is 9.60. The third-order valence-corrected chi connectivity index (χ3v) is 1.94. The molecule has 0 aromatic carbocycles. The van der Waals surface area contributed by atoms with E-state index in [9.17, 15) is 5.11 Å². The number of methoxy groups -OCH3 is 1. The SMILES string of the molecule is COCCOCC(O)Cn1cc(CN)nn1. The Hall–Kier alpha value is -1.02. The van der Waals surface area contributed by atoms with Crippen molar-refractivity contribution in [1.82, 2.24) is 15.0 Å². The number of nitrogens with two attached hydrogens (primary N) is 1. The minimum absolute atomic E-state index is 0.251. The molecule has 0 aliphatic heterocycles. The van der Waals surface area contributed by atoms with Crippen molar-refractivity contribution >= 4 is 0 Å². The lowest BCUT2D eigenvalue weighted by Gasteiger charge is -2.10. The van der Waals surface area contributed by atoms with Crippen LogP contribution in [0.3, 0.4) is 0 Å². The summed E-state index contributed by atoms with van der Waals surface area (Å²) in [6.45, 7) is 1.94. The van der Waals surface area contributed by atoms with E-state index in [2.05, 4.69) is 10.3 Å². The molecular weight excluding hydrogens is 212 g/mol. The van der Waals surface area contributed by atoms with Crippen molar-refractivity contribution in [2.24, 2.45) is 5.73 Å². The molecule has 0 aliphatic rings. The first-order valence-corrected chi connectivity index (χ1v) is 5.10. The van der Waals surface area contributed by atoms with Gasteiger partial charge in [0.05, 0.1) is 38.2 Å². The van der Waals surface area contributed by atoms with Crippen molar-refractivity contribution in [3.05, 3.63) is 11.9 Å². The fraction of sp³-hybridized carbons (Fsp3) is 0.778. The van der Waals surface area contributed by atoms with Gasteiger partial charge in [-0.25, -0.2) is 4.68 Å². The Bertz CT molecular complexity index is 292. The second-order valence-electron chi connectivity index (χ2n) is 3.36. The highest BCUT2D eigenvalue weighted by molar-refractivity contribution is 4.90. The van der Waals surface area contributed by atoms with E-state index < -0.39 is 6.10 Å². The monoisotopic (exact) mass is 230 g/mol. The number of hydrogen-bond acceptors (Lipinski definition) is 6. The number of rotatable bonds is 8. The Balaban J connectivity index is 2.20. The molecule has 0 saturated carbocycles. The largest absolute Gasteiger partial charge is 0.389 e. The van der Waals surface area contributed by atoms with E-state index in [1.54, 1.807) is 18.0 Å². The maximum Gasteiger partial charge on any atom is 0.0969 e. The van der Waals surface area contributed by atoms with E-state index in [-0.39, 0.29) is 6.61 Å². The van der Waals surface area contributed by atoms with Crippen LogP contribution in [-0.2, 0) is 22.6 Å². The molecule has 0 saturated heterocycles. The summed E-state index contributed by atoms with van der Waals surface area (Å²) in [4.78, 5) is 0. The molecule has 0 amide bonds. The summed E-state index contributed by atoms with van der Waals surface area (Å²) in [5.41, 5.74) is 6.09. The van der Waals surface area contributed by atoms with Gasteiger partial charge in [-0.15, -0.1) is 5.10 Å². The molecule has 7 nitrogen and oxygen atoms in total. The molecule has 1 aromatic heterocycles. The smallest absolute Gasteiger partial charge is 0.0969 e. The Morgan fingerprint density at radius 1 is 1.56 bits per heavy atom. The second-order valence-corrected chi connectivity index (χ2v) is 3.36. The fourth-order valence-electron chi connectivity index (χ4n) is 1.15. The van der Waals surface area contributed by atoms with Gasteiger partial charge in [0.15, 0.2) is 0 Å². The van der Waals surface area contributed by atoms with Crippen LogP contribution in [0.5, 0.6) is 0 Å². The van der Waals surface area contributed by atoms with Gasteiger partial charge in [-0.05, 0) is 0 Å². The quantitative estimate of drug-likeness (QED) is 0.542. The second kappa shape index (κ2) is 7.29. The van der Waals surface area contributed by atoms with Gasteiger partial charge in [-0.2, -0.15) is 0 Å². The molecule has 16 heavy (non-hydrogen) atoms. The lowest BCUT2D eigenvalue weighted by atomic mass is 10.4. The Kier molecular flexibility index (Phi) is 5.94. The van der Waals surface area contributed by atoms with Crippen molar-refractivity contribution in [2.75, 3.05) is 26.9 Å². The minimum atomic E-state index is -0.607. The highest BCUT2D eigenvalue weighted by Crippen LogP contribution is 1.95. The molecule has 0 fully saturated rings. The van der Waals surface area contributed by atoms with Gasteiger partial charge in [-0.3, -0.25) is 0 Å². The summed E-state index contributed by atoms with van der Waals surface area (Å²) in [6.07, 6.45) is 1.10. The van der Waals surface area contributed by atoms with Crippen LogP contribution in [-0.4, -0.2) is 53.1 Å². The van der Waals surface area contributed by atoms with E-state index in [4.69, 9.17) is 15.2 Å². The molecule has 92 valence electrons. The summed E-state index contributed by atoms with van der Waals surface area (Å²) in [5.74, 6) is 0. The van der Waals surface area contributed by atoms with Gasteiger partial charge in [0, 0.05) is 19.9 Å². The van der Waals surface area contributed by atoms with Crippen molar-refractivity contribution in [3.8, 4) is 0 Å². The van der Waals surface area contributed by atoms with Crippen LogP contribution in [0.4, 0.5) is 0 Å². The number of aliphatic hydroxyl groups excluding tert-OH is 1. The van der Waals surface area contributed by atoms with Crippen LogP contribution in [0, 0.1) is 0 Å². The van der Waals surface area contributed by atoms with Crippen LogP contribution >= 0.6 is 0 Å². The molecule has 0 spiro atoms. The van der Waals surface area contributed by atoms with Crippen LogP contribution in [0.1, 0.15) is 5.69 Å². The number of nitrogens with zero attached hydrogens (tertiary/aromatic N) is 3. The molecule has 7 heteroatoms. The highest BCUT2D eigenvalue weighted by Gasteiger charge is 2.07. The van der Waals surface area contributed by atoms with E-state index in [0.29, 0.717) is 32.0 Å². The highest BCUT2D eigenvalue weighted by atomic mass is 16.5. The van der Waals surface area contributed by atoms with Gasteiger partial charge in [0.25, 0.3) is 0 Å². The first-order chi connectivity index (χ1) is 7.76. The summed E-state index contributed by atoms with van der Waals surface area (Å²) in [7, 11) is 1.60. The lowest BCUT2D eigenvalue weighted by molar-refractivity contribution is 0.00579. The van der Waals surface area contributed by atoms with Crippen molar-refractivity contribution < 1.29 is 14.6 Å². The third-order valence-electron chi connectivity index (χ3n) is 1.94. The van der Waals surface area contributed by atoms with Crippen LogP contribution in [0.25, 0.3) is 0 Å². The zero-order chi connectivity index (χ0) is 11.8. The number of ether oxygens (including phenoxy) is 2. The molecule has 1 unspecified atom stereocenters. The van der Waals surface area contributed by atoms with Gasteiger partial charge >= 0.3 is 0 Å². The normalized spacial score (nSPS) is 12.9. The molecule has 0 aliphatic carbocycles. The molecule has 1 rings (SSSR count). The standard InChI is InChI=1S/C9H18N4O3/c1-15-2-3-16-7-9(14)6-13-5-8(4-10)11-12-13/h5,9,14H,2-4,6-7,10H2,1H3. The average Bonchev–Trinajstić information content (AvgIpc) is 2.72. The summed E-state index contributed by atoms with van der Waals surface area (Å²) in [6, 6.07) is 0. The van der Waals surface area contributed by atoms with Gasteiger partial charge in [0.1, 0.15) is 0 Å². The molecule has 1 atom stereocenters. The van der Waals surface area contributed by atoms with Crippen LogP contribution in [0.15, 0.2) is 6.20 Å². The zero-order valence-electron chi connectivity index (χ0n) is 9.37. The van der Waals surface area contributed by atoms with E-state index in [1.165, 1.54) is 0 Å². The van der Waals surface area contributed by atoms with Crippen LogP contribution < -0.4 is 5.73 Å². The Morgan fingerprint density at radius 3 is 3.00 bits per heavy atom. The Morgan fingerprint density at radius 2 is 2.38 bits per heavy atom. The number of aliphatic hydroxyl groups is 1. The van der Waals surface area contributed by atoms with Gasteiger partial charge < -0.3 is 20.3 Å². The summed E-state index contributed by atoms with van der Waals surface area (Å²) in [5, 5.41) is 17.2. The van der Waals surface area contributed by atoms with Gasteiger partial charge in [-0.1, -0.05) is 5.21 Å². The molecule has 1 heterocycles. The Labute approximate surface area is 94.1 Å². The number of hydrogen-bond donors (Lipinski definition) is 2. The lowest BCUT2D eigenvalue weighted by Crippen LogP contribution is -2.23. The minimum Gasteiger partial charge on any atom is -0.389 e. The summed E-state index contributed by atoms with van der Waals surface area (Å²) < 4.78 is 11.5. The first-order valence-electron chi connectivity index (χ1n) is 5.10. The van der Waals surface area contributed by atoms with Crippen molar-refractivity contribution in [3.63, 3.8) is 0 Å².